The number of hydrogen-bond acceptors (Lipinski definition) is 3. The second-order valence-corrected chi connectivity index (χ2v) is 3.68. The van der Waals surface area contributed by atoms with Crippen molar-refractivity contribution in [2.75, 3.05) is 13.1 Å². The van der Waals surface area contributed by atoms with Crippen molar-refractivity contribution in [2.45, 2.75) is 13.5 Å². The molecule has 0 saturated heterocycles. The number of halogens is 1. The zero-order valence-electron chi connectivity index (χ0n) is 9.61. The first-order valence-corrected chi connectivity index (χ1v) is 5.26. The van der Waals surface area contributed by atoms with Crippen LogP contribution in [0.5, 0.6) is 0 Å². The van der Waals surface area contributed by atoms with Crippen LogP contribution in [0.4, 0.5) is 4.39 Å². The van der Waals surface area contributed by atoms with Crippen LogP contribution in [0.3, 0.4) is 0 Å². The van der Waals surface area contributed by atoms with Gasteiger partial charge in [0.05, 0.1) is 18.2 Å². The minimum absolute atomic E-state index is 0.0951. The fourth-order valence-electron chi connectivity index (χ4n) is 1.54. The van der Waals surface area contributed by atoms with Crippen molar-refractivity contribution in [2.24, 2.45) is 5.73 Å². The van der Waals surface area contributed by atoms with E-state index in [0.717, 1.165) is 0 Å². The van der Waals surface area contributed by atoms with Crippen LogP contribution in [-0.2, 0) is 11.3 Å². The third-order valence-corrected chi connectivity index (χ3v) is 2.41. The van der Waals surface area contributed by atoms with Gasteiger partial charge >= 0.3 is 0 Å². The van der Waals surface area contributed by atoms with Crippen molar-refractivity contribution >= 4 is 5.91 Å². The van der Waals surface area contributed by atoms with Gasteiger partial charge in [0.15, 0.2) is 0 Å². The number of nitrogens with two attached hydrogens (primary N) is 1. The van der Waals surface area contributed by atoms with Crippen LogP contribution in [0.2, 0.25) is 0 Å². The Labute approximate surface area is 99.4 Å². The van der Waals surface area contributed by atoms with Gasteiger partial charge in [-0.1, -0.05) is 6.92 Å². The van der Waals surface area contributed by atoms with E-state index < -0.39 is 11.7 Å². The average molecular weight is 235 g/mol. The number of nitrogens with zero attached hydrogens (tertiary/aromatic N) is 2. The minimum Gasteiger partial charge on any atom is -0.369 e. The van der Waals surface area contributed by atoms with Gasteiger partial charge in [0.1, 0.15) is 5.82 Å². The molecule has 5 heteroatoms. The molecule has 2 N–H and O–H groups in total. The van der Waals surface area contributed by atoms with Crippen LogP contribution in [0.25, 0.3) is 0 Å². The summed E-state index contributed by atoms with van der Waals surface area (Å²) in [5.74, 6) is -0.837. The molecule has 0 aliphatic rings. The predicted molar refractivity (Wildman–Crippen MR) is 61.3 cm³/mol. The highest BCUT2D eigenvalue weighted by Crippen LogP contribution is 2.13. The lowest BCUT2D eigenvalue weighted by Gasteiger charge is -2.19. The molecule has 0 atom stereocenters. The maximum absolute atomic E-state index is 13.1. The maximum atomic E-state index is 13.1. The first-order chi connectivity index (χ1) is 8.06. The molecule has 0 aliphatic carbocycles. The number of nitriles is 1. The van der Waals surface area contributed by atoms with E-state index in [1.54, 1.807) is 4.90 Å². The Morgan fingerprint density at radius 2 is 2.29 bits per heavy atom. The summed E-state index contributed by atoms with van der Waals surface area (Å²) >= 11 is 0. The molecule has 0 saturated carbocycles. The van der Waals surface area contributed by atoms with Crippen molar-refractivity contribution in [3.8, 4) is 6.07 Å². The number of hydrogen-bond donors (Lipinski definition) is 1. The summed E-state index contributed by atoms with van der Waals surface area (Å²) in [6.07, 6.45) is 0. The highest BCUT2D eigenvalue weighted by molar-refractivity contribution is 5.75. The van der Waals surface area contributed by atoms with Crippen LogP contribution < -0.4 is 5.73 Å². The second-order valence-electron chi connectivity index (χ2n) is 3.68. The number of likely N-dealkylation sites (N-methyl/N-ethyl adjacent to an activating group) is 1. The summed E-state index contributed by atoms with van der Waals surface area (Å²) in [7, 11) is 0. The number of amides is 1. The van der Waals surface area contributed by atoms with Gasteiger partial charge in [0.25, 0.3) is 0 Å². The Balaban J connectivity index is 2.89. The Bertz CT molecular complexity index is 454. The van der Waals surface area contributed by atoms with Gasteiger partial charge in [0.2, 0.25) is 5.91 Å². The van der Waals surface area contributed by atoms with Gasteiger partial charge < -0.3 is 5.73 Å². The van der Waals surface area contributed by atoms with Crippen LogP contribution in [-0.4, -0.2) is 23.9 Å². The fourth-order valence-corrected chi connectivity index (χ4v) is 1.54. The van der Waals surface area contributed by atoms with Gasteiger partial charge in [-0.3, -0.25) is 9.69 Å². The Morgan fingerprint density at radius 1 is 1.59 bits per heavy atom. The van der Waals surface area contributed by atoms with E-state index in [9.17, 15) is 9.18 Å². The van der Waals surface area contributed by atoms with Crippen molar-refractivity contribution < 1.29 is 9.18 Å². The predicted octanol–water partition coefficient (Wildman–Crippen LogP) is 1.00. The summed E-state index contributed by atoms with van der Waals surface area (Å²) in [5.41, 5.74) is 6.08. The van der Waals surface area contributed by atoms with Gasteiger partial charge in [-0.2, -0.15) is 5.26 Å². The molecule has 0 aliphatic heterocycles. The highest BCUT2D eigenvalue weighted by atomic mass is 19.1. The summed E-state index contributed by atoms with van der Waals surface area (Å²) < 4.78 is 13.1. The Kier molecular flexibility index (Phi) is 4.61. The molecule has 0 fully saturated rings. The smallest absolute Gasteiger partial charge is 0.231 e. The van der Waals surface area contributed by atoms with Crippen LogP contribution in [0.15, 0.2) is 18.2 Å². The second kappa shape index (κ2) is 5.97. The lowest BCUT2D eigenvalue weighted by atomic mass is 10.1. The molecule has 0 radical (unpaired) electrons. The molecule has 1 amide bonds. The number of rotatable bonds is 5. The van der Waals surface area contributed by atoms with E-state index in [1.807, 2.05) is 13.0 Å². The molecule has 0 heterocycles. The van der Waals surface area contributed by atoms with Gasteiger partial charge in [-0.05, 0) is 30.3 Å². The third-order valence-electron chi connectivity index (χ3n) is 2.41. The van der Waals surface area contributed by atoms with E-state index in [1.165, 1.54) is 18.2 Å². The van der Waals surface area contributed by atoms with Crippen LogP contribution in [0.1, 0.15) is 18.1 Å². The van der Waals surface area contributed by atoms with Gasteiger partial charge in [-0.15, -0.1) is 0 Å². The Morgan fingerprint density at radius 3 is 2.82 bits per heavy atom. The third kappa shape index (κ3) is 3.85. The monoisotopic (exact) mass is 235 g/mol. The lowest BCUT2D eigenvalue weighted by molar-refractivity contribution is -0.119. The lowest BCUT2D eigenvalue weighted by Crippen LogP contribution is -2.33. The van der Waals surface area contributed by atoms with Crippen LogP contribution in [0, 0.1) is 17.1 Å². The number of carbonyl (C=O) groups excluding carboxylic acids is 1. The molecular formula is C12H14FN3O. The topological polar surface area (TPSA) is 70.1 Å². The van der Waals surface area contributed by atoms with E-state index in [-0.39, 0.29) is 6.54 Å². The average Bonchev–Trinajstić information content (AvgIpc) is 2.28. The SMILES string of the molecule is CCN(CC(N)=O)Cc1cc(F)ccc1C#N. The molecular weight excluding hydrogens is 221 g/mol. The standard InChI is InChI=1S/C12H14FN3O/c1-2-16(8-12(15)17)7-10-5-11(13)4-3-9(10)6-14/h3-5H,2,7-8H2,1H3,(H2,15,17). The molecule has 1 aromatic carbocycles. The molecule has 17 heavy (non-hydrogen) atoms. The van der Waals surface area contributed by atoms with Crippen molar-refractivity contribution in [1.29, 1.82) is 5.26 Å². The fraction of sp³-hybridized carbons (Fsp3) is 0.333. The first-order valence-electron chi connectivity index (χ1n) is 5.26. The number of carbonyl (C=O) groups is 1. The molecule has 0 unspecified atom stereocenters. The highest BCUT2D eigenvalue weighted by Gasteiger charge is 2.10. The number of benzene rings is 1. The van der Waals surface area contributed by atoms with Crippen molar-refractivity contribution in [3.05, 3.63) is 35.1 Å². The summed E-state index contributed by atoms with van der Waals surface area (Å²) in [4.78, 5) is 12.6. The van der Waals surface area contributed by atoms with Crippen LogP contribution >= 0.6 is 0 Å². The van der Waals surface area contributed by atoms with Crippen molar-refractivity contribution in [1.82, 2.24) is 4.90 Å². The van der Waals surface area contributed by atoms with E-state index in [2.05, 4.69) is 0 Å². The zero-order chi connectivity index (χ0) is 12.8. The van der Waals surface area contributed by atoms with E-state index >= 15 is 0 Å². The van der Waals surface area contributed by atoms with E-state index in [0.29, 0.717) is 24.2 Å². The molecule has 1 rings (SSSR count). The molecule has 0 aromatic heterocycles. The Hall–Kier alpha value is -1.93. The normalized spacial score (nSPS) is 10.2. The zero-order valence-corrected chi connectivity index (χ0v) is 9.61. The minimum atomic E-state index is -0.443. The maximum Gasteiger partial charge on any atom is 0.231 e. The van der Waals surface area contributed by atoms with Gasteiger partial charge in [0, 0.05) is 6.54 Å². The summed E-state index contributed by atoms with van der Waals surface area (Å²) in [6, 6.07) is 5.98. The molecule has 90 valence electrons. The first kappa shape index (κ1) is 13.1. The largest absolute Gasteiger partial charge is 0.369 e. The molecule has 4 nitrogen and oxygen atoms in total. The summed E-state index contributed by atoms with van der Waals surface area (Å²) in [6.45, 7) is 2.90. The van der Waals surface area contributed by atoms with E-state index in [4.69, 9.17) is 11.0 Å². The number of primary amides is 1. The quantitative estimate of drug-likeness (QED) is 0.827. The molecule has 1 aromatic rings. The molecule has 0 bridgehead atoms. The summed E-state index contributed by atoms with van der Waals surface area (Å²) in [5, 5.41) is 8.89. The molecule has 0 spiro atoms. The van der Waals surface area contributed by atoms with Gasteiger partial charge in [-0.25, -0.2) is 4.39 Å². The van der Waals surface area contributed by atoms with Crippen molar-refractivity contribution in [3.63, 3.8) is 0 Å².